The summed E-state index contributed by atoms with van der Waals surface area (Å²) in [5.74, 6) is 0.892. The molecule has 88 valence electrons. The van der Waals surface area contributed by atoms with E-state index in [4.69, 9.17) is 9.97 Å². The minimum absolute atomic E-state index is 0.892. The normalized spacial score (nSPS) is 14.6. The first-order chi connectivity index (χ1) is 8.38. The maximum atomic E-state index is 4.72. The molecule has 3 nitrogen and oxygen atoms in total. The van der Waals surface area contributed by atoms with Gasteiger partial charge in [-0.1, -0.05) is 6.92 Å². The van der Waals surface area contributed by atoms with Gasteiger partial charge in [0.1, 0.15) is 0 Å². The predicted octanol–water partition coefficient (Wildman–Crippen LogP) is 2.41. The molecule has 3 heterocycles. The van der Waals surface area contributed by atoms with Gasteiger partial charge in [0.2, 0.25) is 0 Å². The van der Waals surface area contributed by atoms with Crippen LogP contribution in [-0.4, -0.2) is 16.5 Å². The molecule has 0 unspecified atom stereocenters. The topological polar surface area (TPSA) is 37.8 Å². The number of nitrogens with one attached hydrogen (secondary N) is 1. The average molecular weight is 245 g/mol. The lowest BCUT2D eigenvalue weighted by atomic mass is 10.0. The van der Waals surface area contributed by atoms with Crippen molar-refractivity contribution in [2.45, 2.75) is 26.3 Å². The van der Waals surface area contributed by atoms with Gasteiger partial charge < -0.3 is 5.32 Å². The average Bonchev–Trinajstić information content (AvgIpc) is 2.91. The maximum absolute atomic E-state index is 4.72. The van der Waals surface area contributed by atoms with E-state index < -0.39 is 0 Å². The standard InChI is InChI=1S/C13H15N3S/c1-2-11-10-7-14-5-3-12(10)16-13(15-11)9-4-6-17-8-9/h4,6,8,14H,2-3,5,7H2,1H3. The number of hydrogen-bond acceptors (Lipinski definition) is 4. The number of aryl methyl sites for hydroxylation is 1. The largest absolute Gasteiger partial charge is 0.312 e. The molecular weight excluding hydrogens is 230 g/mol. The monoisotopic (exact) mass is 245 g/mol. The molecule has 17 heavy (non-hydrogen) atoms. The zero-order chi connectivity index (χ0) is 11.7. The summed E-state index contributed by atoms with van der Waals surface area (Å²) in [7, 11) is 0. The number of nitrogens with zero attached hydrogens (tertiary/aromatic N) is 2. The third-order valence-electron chi connectivity index (χ3n) is 3.13. The van der Waals surface area contributed by atoms with Crippen LogP contribution in [0.15, 0.2) is 16.8 Å². The first-order valence-electron chi connectivity index (χ1n) is 6.00. The Morgan fingerprint density at radius 1 is 1.41 bits per heavy atom. The molecule has 0 radical (unpaired) electrons. The van der Waals surface area contributed by atoms with Crippen LogP contribution >= 0.6 is 11.3 Å². The van der Waals surface area contributed by atoms with Crippen molar-refractivity contribution in [1.29, 1.82) is 0 Å². The van der Waals surface area contributed by atoms with Crippen LogP contribution in [0, 0.1) is 0 Å². The van der Waals surface area contributed by atoms with Crippen LogP contribution in [0.1, 0.15) is 23.9 Å². The van der Waals surface area contributed by atoms with Crippen LogP contribution in [0.5, 0.6) is 0 Å². The van der Waals surface area contributed by atoms with E-state index in [1.807, 2.05) is 0 Å². The Kier molecular flexibility index (Phi) is 2.91. The Hall–Kier alpha value is -1.26. The summed E-state index contributed by atoms with van der Waals surface area (Å²) in [6, 6.07) is 2.09. The fourth-order valence-electron chi connectivity index (χ4n) is 2.23. The molecule has 2 aromatic heterocycles. The quantitative estimate of drug-likeness (QED) is 0.883. The summed E-state index contributed by atoms with van der Waals surface area (Å²) in [6.07, 6.45) is 1.99. The van der Waals surface area contributed by atoms with Crippen molar-refractivity contribution in [3.8, 4) is 11.4 Å². The summed E-state index contributed by atoms with van der Waals surface area (Å²) >= 11 is 1.69. The molecule has 1 N–H and O–H groups in total. The molecule has 0 saturated heterocycles. The number of thiophene rings is 1. The molecule has 0 bridgehead atoms. The lowest BCUT2D eigenvalue weighted by Gasteiger charge is -2.19. The molecule has 0 fully saturated rings. The van der Waals surface area contributed by atoms with Crippen LogP contribution in [0.2, 0.25) is 0 Å². The van der Waals surface area contributed by atoms with E-state index >= 15 is 0 Å². The lowest BCUT2D eigenvalue weighted by Crippen LogP contribution is -2.26. The van der Waals surface area contributed by atoms with Gasteiger partial charge in [0.25, 0.3) is 0 Å². The Morgan fingerprint density at radius 2 is 2.35 bits per heavy atom. The molecule has 0 spiro atoms. The second-order valence-corrected chi connectivity index (χ2v) is 4.99. The molecule has 2 aromatic rings. The van der Waals surface area contributed by atoms with Crippen molar-refractivity contribution < 1.29 is 0 Å². The Bertz CT molecular complexity index is 502. The highest BCUT2D eigenvalue weighted by Crippen LogP contribution is 2.23. The SMILES string of the molecule is CCc1nc(-c2ccsc2)nc2c1CNCC2. The molecule has 0 atom stereocenters. The van der Waals surface area contributed by atoms with E-state index in [9.17, 15) is 0 Å². The molecule has 0 saturated carbocycles. The third kappa shape index (κ3) is 1.98. The van der Waals surface area contributed by atoms with E-state index in [0.29, 0.717) is 0 Å². The van der Waals surface area contributed by atoms with Gasteiger partial charge in [-0.15, -0.1) is 0 Å². The molecule has 0 aromatic carbocycles. The van der Waals surface area contributed by atoms with Crippen LogP contribution in [-0.2, 0) is 19.4 Å². The molecule has 0 aliphatic carbocycles. The Balaban J connectivity index is 2.12. The van der Waals surface area contributed by atoms with Crippen LogP contribution in [0.25, 0.3) is 11.4 Å². The fourth-order valence-corrected chi connectivity index (χ4v) is 2.86. The van der Waals surface area contributed by atoms with Gasteiger partial charge in [0, 0.05) is 41.7 Å². The molecule has 3 rings (SSSR count). The summed E-state index contributed by atoms with van der Waals surface area (Å²) < 4.78 is 0. The second-order valence-electron chi connectivity index (χ2n) is 4.21. The summed E-state index contributed by atoms with van der Waals surface area (Å²) in [4.78, 5) is 9.42. The van der Waals surface area contributed by atoms with E-state index in [1.165, 1.54) is 17.0 Å². The van der Waals surface area contributed by atoms with Gasteiger partial charge in [-0.3, -0.25) is 0 Å². The smallest absolute Gasteiger partial charge is 0.160 e. The lowest BCUT2D eigenvalue weighted by molar-refractivity contribution is 0.618. The molecular formula is C13H15N3S. The van der Waals surface area contributed by atoms with Crippen molar-refractivity contribution in [2.75, 3.05) is 6.54 Å². The van der Waals surface area contributed by atoms with E-state index in [2.05, 4.69) is 29.1 Å². The molecule has 0 amide bonds. The number of hydrogen-bond donors (Lipinski definition) is 1. The molecule has 4 heteroatoms. The van der Waals surface area contributed by atoms with Crippen molar-refractivity contribution in [1.82, 2.24) is 15.3 Å². The first kappa shape index (κ1) is 10.9. The van der Waals surface area contributed by atoms with Crippen LogP contribution < -0.4 is 5.32 Å². The highest BCUT2D eigenvalue weighted by atomic mass is 32.1. The minimum atomic E-state index is 0.892. The van der Waals surface area contributed by atoms with Gasteiger partial charge in [0.15, 0.2) is 5.82 Å². The van der Waals surface area contributed by atoms with Crippen molar-refractivity contribution >= 4 is 11.3 Å². The van der Waals surface area contributed by atoms with Crippen LogP contribution in [0.4, 0.5) is 0 Å². The maximum Gasteiger partial charge on any atom is 0.160 e. The van der Waals surface area contributed by atoms with E-state index in [0.717, 1.165) is 37.3 Å². The first-order valence-corrected chi connectivity index (χ1v) is 6.94. The Morgan fingerprint density at radius 3 is 3.12 bits per heavy atom. The molecule has 1 aliphatic rings. The van der Waals surface area contributed by atoms with E-state index in [-0.39, 0.29) is 0 Å². The highest BCUT2D eigenvalue weighted by Gasteiger charge is 2.17. The zero-order valence-electron chi connectivity index (χ0n) is 9.86. The number of fused-ring (bicyclic) bond motifs is 1. The van der Waals surface area contributed by atoms with Gasteiger partial charge in [-0.25, -0.2) is 9.97 Å². The summed E-state index contributed by atoms with van der Waals surface area (Å²) in [6.45, 7) is 4.10. The minimum Gasteiger partial charge on any atom is -0.312 e. The molecule has 1 aliphatic heterocycles. The Labute approximate surface area is 105 Å². The van der Waals surface area contributed by atoms with Crippen molar-refractivity contribution in [3.63, 3.8) is 0 Å². The zero-order valence-corrected chi connectivity index (χ0v) is 10.7. The van der Waals surface area contributed by atoms with Crippen LogP contribution in [0.3, 0.4) is 0 Å². The van der Waals surface area contributed by atoms with Crippen molar-refractivity contribution in [2.24, 2.45) is 0 Å². The summed E-state index contributed by atoms with van der Waals surface area (Å²) in [5.41, 5.74) is 4.89. The summed E-state index contributed by atoms with van der Waals surface area (Å²) in [5, 5.41) is 7.58. The predicted molar refractivity (Wildman–Crippen MR) is 70.1 cm³/mol. The fraction of sp³-hybridized carbons (Fsp3) is 0.385. The van der Waals surface area contributed by atoms with Gasteiger partial charge in [0.05, 0.1) is 5.69 Å². The number of aromatic nitrogens is 2. The van der Waals surface area contributed by atoms with Gasteiger partial charge in [-0.2, -0.15) is 11.3 Å². The number of rotatable bonds is 2. The third-order valence-corrected chi connectivity index (χ3v) is 3.82. The highest BCUT2D eigenvalue weighted by molar-refractivity contribution is 7.08. The van der Waals surface area contributed by atoms with Gasteiger partial charge >= 0.3 is 0 Å². The second kappa shape index (κ2) is 4.55. The van der Waals surface area contributed by atoms with Crippen molar-refractivity contribution in [3.05, 3.63) is 33.8 Å². The van der Waals surface area contributed by atoms with E-state index in [1.54, 1.807) is 11.3 Å². The van der Waals surface area contributed by atoms with Gasteiger partial charge in [-0.05, 0) is 17.9 Å².